The Morgan fingerprint density at radius 3 is 2.39 bits per heavy atom. The van der Waals surface area contributed by atoms with Gasteiger partial charge < -0.3 is 9.88 Å². The van der Waals surface area contributed by atoms with Gasteiger partial charge in [0, 0.05) is 24.4 Å². The number of H-pyrrole nitrogens is 1. The zero-order valence-corrected chi connectivity index (χ0v) is 16.0. The fraction of sp³-hybridized carbons (Fsp3) is 0.273. The quantitative estimate of drug-likeness (QED) is 0.640. The van der Waals surface area contributed by atoms with E-state index in [1.807, 2.05) is 26.0 Å². The Morgan fingerprint density at radius 2 is 1.68 bits per heavy atom. The molecule has 3 rings (SSSR count). The average Bonchev–Trinajstić information content (AvgIpc) is 2.70. The van der Waals surface area contributed by atoms with E-state index in [1.165, 1.54) is 0 Å². The molecule has 6 heteroatoms. The van der Waals surface area contributed by atoms with Crippen LogP contribution in [0.5, 0.6) is 0 Å². The second-order valence-corrected chi connectivity index (χ2v) is 6.93. The van der Waals surface area contributed by atoms with E-state index in [0.29, 0.717) is 22.3 Å². The molecule has 0 aliphatic rings. The fourth-order valence-electron chi connectivity index (χ4n) is 3.06. The zero-order chi connectivity index (χ0) is 20.1. The number of nitrogens with one attached hydrogen (secondary N) is 1. The highest BCUT2D eigenvalue weighted by molar-refractivity contribution is 5.97. The van der Waals surface area contributed by atoms with Crippen molar-refractivity contribution in [3.63, 3.8) is 0 Å². The Bertz CT molecular complexity index is 1040. The molecule has 0 saturated carbocycles. The van der Waals surface area contributed by atoms with Crippen molar-refractivity contribution in [3.8, 4) is 0 Å². The summed E-state index contributed by atoms with van der Waals surface area (Å²) in [6.07, 6.45) is 0.261. The zero-order valence-electron chi connectivity index (χ0n) is 16.0. The summed E-state index contributed by atoms with van der Waals surface area (Å²) >= 11 is 0. The molecule has 0 saturated heterocycles. The van der Waals surface area contributed by atoms with E-state index in [0.717, 1.165) is 0 Å². The molecule has 0 radical (unpaired) electrons. The predicted molar refractivity (Wildman–Crippen MR) is 108 cm³/mol. The minimum absolute atomic E-state index is 0.0603. The van der Waals surface area contributed by atoms with Crippen molar-refractivity contribution in [2.45, 2.75) is 39.3 Å². The summed E-state index contributed by atoms with van der Waals surface area (Å²) < 4.78 is 0. The monoisotopic (exact) mass is 377 g/mol. The molecule has 0 spiro atoms. The van der Waals surface area contributed by atoms with E-state index in [9.17, 15) is 14.4 Å². The number of para-hydroxylation sites is 1. The molecular formula is C22H23N3O3. The van der Waals surface area contributed by atoms with Gasteiger partial charge in [-0.05, 0) is 26.0 Å². The maximum atomic E-state index is 12.7. The van der Waals surface area contributed by atoms with Crippen molar-refractivity contribution >= 4 is 22.6 Å². The number of nitrogens with zero attached hydrogens (tertiary/aromatic N) is 2. The fourth-order valence-corrected chi connectivity index (χ4v) is 3.06. The first-order valence-corrected chi connectivity index (χ1v) is 9.31. The number of ketones is 1. The SMILES string of the molecule is CC(C)N(Cc1nc2ccccc2c(=O)[nH]1)C(=O)CCC(=O)c1ccccc1. The summed E-state index contributed by atoms with van der Waals surface area (Å²) in [4.78, 5) is 46.1. The minimum Gasteiger partial charge on any atom is -0.333 e. The third-order valence-corrected chi connectivity index (χ3v) is 4.59. The van der Waals surface area contributed by atoms with Gasteiger partial charge in [-0.1, -0.05) is 42.5 Å². The van der Waals surface area contributed by atoms with Crippen LogP contribution in [0.4, 0.5) is 0 Å². The topological polar surface area (TPSA) is 83.1 Å². The summed E-state index contributed by atoms with van der Waals surface area (Å²) in [5.74, 6) is 0.227. The molecule has 1 N–H and O–H groups in total. The largest absolute Gasteiger partial charge is 0.333 e. The third-order valence-electron chi connectivity index (χ3n) is 4.59. The first-order valence-electron chi connectivity index (χ1n) is 9.31. The highest BCUT2D eigenvalue weighted by Crippen LogP contribution is 2.12. The number of aromatic amines is 1. The number of hydrogen-bond acceptors (Lipinski definition) is 4. The average molecular weight is 377 g/mol. The molecule has 0 aliphatic carbocycles. The minimum atomic E-state index is -0.226. The van der Waals surface area contributed by atoms with Gasteiger partial charge in [-0.15, -0.1) is 0 Å². The number of aromatic nitrogens is 2. The number of carbonyl (C=O) groups excluding carboxylic acids is 2. The summed E-state index contributed by atoms with van der Waals surface area (Å²) in [7, 11) is 0. The highest BCUT2D eigenvalue weighted by Gasteiger charge is 2.20. The van der Waals surface area contributed by atoms with Gasteiger partial charge in [-0.2, -0.15) is 0 Å². The number of carbonyl (C=O) groups is 2. The lowest BCUT2D eigenvalue weighted by molar-refractivity contribution is -0.133. The summed E-state index contributed by atoms with van der Waals surface area (Å²) in [6.45, 7) is 3.99. The Balaban J connectivity index is 1.72. The smallest absolute Gasteiger partial charge is 0.258 e. The van der Waals surface area contributed by atoms with Crippen molar-refractivity contribution in [1.82, 2.24) is 14.9 Å². The summed E-state index contributed by atoms with van der Waals surface area (Å²) in [5, 5.41) is 0.516. The van der Waals surface area contributed by atoms with E-state index < -0.39 is 0 Å². The maximum Gasteiger partial charge on any atom is 0.258 e. The number of hydrogen-bond donors (Lipinski definition) is 1. The van der Waals surface area contributed by atoms with E-state index in [4.69, 9.17) is 0 Å². The van der Waals surface area contributed by atoms with Crippen LogP contribution in [0.15, 0.2) is 59.4 Å². The van der Waals surface area contributed by atoms with Crippen LogP contribution in [-0.2, 0) is 11.3 Å². The molecule has 1 heterocycles. The lowest BCUT2D eigenvalue weighted by atomic mass is 10.1. The molecule has 0 unspecified atom stereocenters. The summed E-state index contributed by atoms with van der Waals surface area (Å²) in [5.41, 5.74) is 0.972. The van der Waals surface area contributed by atoms with Crippen molar-refractivity contribution in [2.24, 2.45) is 0 Å². The van der Waals surface area contributed by atoms with E-state index in [2.05, 4.69) is 9.97 Å². The van der Waals surface area contributed by atoms with Crippen molar-refractivity contribution in [1.29, 1.82) is 0 Å². The highest BCUT2D eigenvalue weighted by atomic mass is 16.2. The van der Waals surface area contributed by atoms with Crippen molar-refractivity contribution < 1.29 is 9.59 Å². The third kappa shape index (κ3) is 4.52. The predicted octanol–water partition coefficient (Wildman–Crippen LogP) is 3.32. The molecule has 144 valence electrons. The maximum absolute atomic E-state index is 12.7. The summed E-state index contributed by atoms with van der Waals surface area (Å²) in [6, 6.07) is 15.9. The van der Waals surface area contributed by atoms with Gasteiger partial charge in [0.05, 0.1) is 17.4 Å². The number of fused-ring (bicyclic) bond motifs is 1. The first kappa shape index (κ1) is 19.5. The van der Waals surface area contributed by atoms with Crippen LogP contribution in [0, 0.1) is 0 Å². The van der Waals surface area contributed by atoms with E-state index in [-0.39, 0.29) is 42.7 Å². The second-order valence-electron chi connectivity index (χ2n) is 6.93. The van der Waals surface area contributed by atoms with Gasteiger partial charge >= 0.3 is 0 Å². The number of benzene rings is 2. The number of rotatable bonds is 7. The normalized spacial score (nSPS) is 11.0. The van der Waals surface area contributed by atoms with Crippen LogP contribution in [0.3, 0.4) is 0 Å². The van der Waals surface area contributed by atoms with E-state index >= 15 is 0 Å². The molecule has 0 aliphatic heterocycles. The van der Waals surface area contributed by atoms with Gasteiger partial charge in [0.1, 0.15) is 5.82 Å². The number of Topliss-reactive ketones (excluding diaryl/α,β-unsaturated/α-hetero) is 1. The van der Waals surface area contributed by atoms with E-state index in [1.54, 1.807) is 47.4 Å². The van der Waals surface area contributed by atoms with Crippen LogP contribution in [0.25, 0.3) is 10.9 Å². The Kier molecular flexibility index (Phi) is 5.99. The number of amides is 1. The van der Waals surface area contributed by atoms with Gasteiger partial charge in [0.25, 0.3) is 5.56 Å². The van der Waals surface area contributed by atoms with Gasteiger partial charge in [-0.3, -0.25) is 14.4 Å². The molecule has 28 heavy (non-hydrogen) atoms. The van der Waals surface area contributed by atoms with Crippen LogP contribution >= 0.6 is 0 Å². The standard InChI is InChI=1S/C22H23N3O3/c1-15(2)25(21(27)13-12-19(26)16-8-4-3-5-9-16)14-20-23-18-11-7-6-10-17(18)22(28)24-20/h3-11,15H,12-14H2,1-2H3,(H,23,24,28). The first-order chi connectivity index (χ1) is 13.5. The molecule has 1 aromatic heterocycles. The Morgan fingerprint density at radius 1 is 1.00 bits per heavy atom. The molecular weight excluding hydrogens is 354 g/mol. The van der Waals surface area contributed by atoms with Crippen LogP contribution < -0.4 is 5.56 Å². The van der Waals surface area contributed by atoms with Gasteiger partial charge in [0.15, 0.2) is 5.78 Å². The lowest BCUT2D eigenvalue weighted by Crippen LogP contribution is -2.37. The van der Waals surface area contributed by atoms with Crippen LogP contribution in [0.2, 0.25) is 0 Å². The van der Waals surface area contributed by atoms with Crippen LogP contribution in [-0.4, -0.2) is 32.6 Å². The molecule has 6 nitrogen and oxygen atoms in total. The van der Waals surface area contributed by atoms with Gasteiger partial charge in [0.2, 0.25) is 5.91 Å². The Hall–Kier alpha value is -3.28. The lowest BCUT2D eigenvalue weighted by Gasteiger charge is -2.26. The second kappa shape index (κ2) is 8.61. The van der Waals surface area contributed by atoms with Gasteiger partial charge in [-0.25, -0.2) is 4.98 Å². The molecule has 3 aromatic rings. The molecule has 0 bridgehead atoms. The molecule has 0 fully saturated rings. The molecule has 0 atom stereocenters. The van der Waals surface area contributed by atoms with Crippen molar-refractivity contribution in [3.05, 3.63) is 76.3 Å². The molecule has 2 aromatic carbocycles. The Labute approximate surface area is 163 Å². The van der Waals surface area contributed by atoms with Crippen LogP contribution in [0.1, 0.15) is 42.9 Å². The molecule has 1 amide bonds. The van der Waals surface area contributed by atoms with Crippen molar-refractivity contribution in [2.75, 3.05) is 0 Å².